The second-order valence-electron chi connectivity index (χ2n) is 10.0. The number of thioether (sulfide) groups is 1. The van der Waals surface area contributed by atoms with Crippen molar-refractivity contribution in [3.05, 3.63) is 54.6 Å². The maximum absolute atomic E-state index is 13.2. The number of rotatable bonds is 12. The molecule has 0 bridgehead atoms. The molecule has 0 unspecified atom stereocenters. The van der Waals surface area contributed by atoms with Crippen molar-refractivity contribution >= 4 is 29.2 Å². The number of nitrogen functional groups attached to an aromatic ring is 1. The van der Waals surface area contributed by atoms with E-state index in [0.29, 0.717) is 51.3 Å². The molecule has 3 N–H and O–H groups in total. The molecule has 0 radical (unpaired) electrons. The third kappa shape index (κ3) is 5.96. The van der Waals surface area contributed by atoms with Crippen molar-refractivity contribution in [3.8, 4) is 16.8 Å². The monoisotopic (exact) mass is 581 g/mol. The molecule has 1 aromatic carbocycles. The number of benzene rings is 1. The highest BCUT2D eigenvalue weighted by molar-refractivity contribution is 7.98. The van der Waals surface area contributed by atoms with Gasteiger partial charge in [-0.3, -0.25) is 5.10 Å². The SMILES string of the molecule is COCCOC(=O)C1(OCCOC)CCC(c2nc3c(-c4cnn(-c5ccccc5)c4)c[nH][n+]3c(N)c2SC)CC1. The van der Waals surface area contributed by atoms with Crippen LogP contribution in [0.3, 0.4) is 0 Å². The summed E-state index contributed by atoms with van der Waals surface area (Å²) >= 11 is 1.58. The first-order valence-corrected chi connectivity index (χ1v) is 14.9. The van der Waals surface area contributed by atoms with Gasteiger partial charge in [0.2, 0.25) is 0 Å². The van der Waals surface area contributed by atoms with Crippen molar-refractivity contribution in [2.75, 3.05) is 52.6 Å². The summed E-state index contributed by atoms with van der Waals surface area (Å²) < 4.78 is 25.5. The van der Waals surface area contributed by atoms with Crippen LogP contribution in [0, 0.1) is 0 Å². The van der Waals surface area contributed by atoms with Gasteiger partial charge in [0.1, 0.15) is 17.2 Å². The van der Waals surface area contributed by atoms with Gasteiger partial charge in [-0.2, -0.15) is 5.10 Å². The van der Waals surface area contributed by atoms with Crippen LogP contribution in [0.1, 0.15) is 37.3 Å². The van der Waals surface area contributed by atoms with E-state index in [9.17, 15) is 4.79 Å². The maximum Gasteiger partial charge on any atom is 0.338 e. The summed E-state index contributed by atoms with van der Waals surface area (Å²) in [6.45, 7) is 1.24. The molecule has 1 aliphatic rings. The van der Waals surface area contributed by atoms with Crippen molar-refractivity contribution < 1.29 is 28.3 Å². The van der Waals surface area contributed by atoms with Crippen molar-refractivity contribution in [3.63, 3.8) is 0 Å². The van der Waals surface area contributed by atoms with Crippen molar-refractivity contribution in [2.24, 2.45) is 0 Å². The summed E-state index contributed by atoms with van der Waals surface area (Å²) in [6, 6.07) is 9.97. The van der Waals surface area contributed by atoms with Gasteiger partial charge in [0.25, 0.3) is 11.5 Å². The lowest BCUT2D eigenvalue weighted by Gasteiger charge is -2.37. The van der Waals surface area contributed by atoms with Crippen LogP contribution >= 0.6 is 11.8 Å². The Morgan fingerprint density at radius 1 is 1.15 bits per heavy atom. The van der Waals surface area contributed by atoms with Crippen LogP contribution in [-0.4, -0.2) is 78.3 Å². The number of ether oxygens (including phenoxy) is 4. The molecule has 3 aromatic heterocycles. The molecule has 41 heavy (non-hydrogen) atoms. The Kier molecular flexibility index (Phi) is 9.23. The first kappa shape index (κ1) is 29.1. The number of anilines is 1. The fraction of sp³-hybridized carbons (Fsp3) is 0.448. The molecule has 5 rings (SSSR count). The van der Waals surface area contributed by atoms with Crippen molar-refractivity contribution in [1.29, 1.82) is 0 Å². The predicted molar refractivity (Wildman–Crippen MR) is 155 cm³/mol. The van der Waals surface area contributed by atoms with E-state index in [1.54, 1.807) is 26.0 Å². The molecule has 0 saturated heterocycles. The number of carbonyl (C=O) groups is 1. The van der Waals surface area contributed by atoms with E-state index in [4.69, 9.17) is 29.7 Å². The van der Waals surface area contributed by atoms with E-state index < -0.39 is 5.60 Å². The lowest BCUT2D eigenvalue weighted by molar-refractivity contribution is -0.565. The molecule has 3 heterocycles. The second-order valence-corrected chi connectivity index (χ2v) is 10.8. The van der Waals surface area contributed by atoms with Gasteiger partial charge in [0, 0.05) is 38.1 Å². The highest BCUT2D eigenvalue weighted by atomic mass is 32.2. The molecule has 1 fully saturated rings. The average Bonchev–Trinajstić information content (AvgIpc) is 3.66. The summed E-state index contributed by atoms with van der Waals surface area (Å²) in [5.74, 6) is 0.354. The lowest BCUT2D eigenvalue weighted by atomic mass is 9.77. The number of hydrogen-bond donors (Lipinski definition) is 2. The average molecular weight is 582 g/mol. The van der Waals surface area contributed by atoms with Gasteiger partial charge >= 0.3 is 5.97 Å². The van der Waals surface area contributed by atoms with Crippen LogP contribution in [0.4, 0.5) is 5.82 Å². The highest BCUT2D eigenvalue weighted by Crippen LogP contribution is 2.43. The van der Waals surface area contributed by atoms with Crippen LogP contribution in [0.25, 0.3) is 22.5 Å². The third-order valence-corrected chi connectivity index (χ3v) is 8.41. The molecule has 0 atom stereocenters. The molecular formula is C29H37N6O5S+. The number of H-pyrrole nitrogens is 1. The van der Waals surface area contributed by atoms with E-state index in [1.807, 2.05) is 64.4 Å². The maximum atomic E-state index is 13.2. The van der Waals surface area contributed by atoms with Gasteiger partial charge in [-0.25, -0.2) is 9.48 Å². The standard InChI is InChI=1S/C29H36N6O5S/c1-37-13-15-39-28(36)29(40-16-14-38-2)11-9-20(10-12-29)24-25(41-3)26(30)35-27(33-24)23(18-32-35)21-17-31-34(19-21)22-7-5-4-6-8-22/h4-8,17-20H,9-16H2,1-3H3,(H2,30,32,33)/p+1. The van der Waals surface area contributed by atoms with Gasteiger partial charge in [-0.1, -0.05) is 18.2 Å². The second kappa shape index (κ2) is 13.0. The van der Waals surface area contributed by atoms with Crippen LogP contribution in [0.15, 0.2) is 53.8 Å². The highest BCUT2D eigenvalue weighted by Gasteiger charge is 2.46. The zero-order chi connectivity index (χ0) is 28.8. The van der Waals surface area contributed by atoms with Crippen molar-refractivity contribution in [1.82, 2.24) is 19.9 Å². The summed E-state index contributed by atoms with van der Waals surface area (Å²) in [4.78, 5) is 19.3. The number of carbonyl (C=O) groups excluding carboxylic acids is 1. The minimum Gasteiger partial charge on any atom is -0.461 e. The zero-order valence-corrected chi connectivity index (χ0v) is 24.5. The van der Waals surface area contributed by atoms with Gasteiger partial charge in [0.15, 0.2) is 5.60 Å². The zero-order valence-electron chi connectivity index (χ0n) is 23.7. The summed E-state index contributed by atoms with van der Waals surface area (Å²) in [6.07, 6.45) is 10.2. The molecule has 4 aromatic rings. The lowest BCUT2D eigenvalue weighted by Crippen LogP contribution is -2.47. The summed E-state index contributed by atoms with van der Waals surface area (Å²) in [5.41, 5.74) is 10.2. The van der Waals surface area contributed by atoms with E-state index in [-0.39, 0.29) is 18.5 Å². The number of nitrogens with two attached hydrogens (primary N) is 1. The molecular weight excluding hydrogens is 544 g/mol. The molecule has 0 amide bonds. The molecule has 1 aliphatic carbocycles. The number of aromatic nitrogens is 5. The van der Waals surface area contributed by atoms with Crippen LogP contribution < -0.4 is 10.2 Å². The van der Waals surface area contributed by atoms with E-state index >= 15 is 0 Å². The Labute approximate surface area is 243 Å². The largest absolute Gasteiger partial charge is 0.461 e. The van der Waals surface area contributed by atoms with Gasteiger partial charge in [-0.15, -0.1) is 21.3 Å². The number of nitrogens with one attached hydrogen (secondary N) is 1. The molecule has 0 aliphatic heterocycles. The Balaban J connectivity index is 1.43. The molecule has 0 spiro atoms. The normalized spacial score (nSPS) is 19.0. The Hall–Kier alpha value is -3.45. The topological polar surface area (TPSA) is 131 Å². The molecule has 1 saturated carbocycles. The number of para-hydroxylation sites is 1. The first-order valence-electron chi connectivity index (χ1n) is 13.7. The van der Waals surface area contributed by atoms with Crippen LogP contribution in [-0.2, 0) is 23.7 Å². The predicted octanol–water partition coefficient (Wildman–Crippen LogP) is 3.55. The van der Waals surface area contributed by atoms with Gasteiger partial charge < -0.3 is 24.7 Å². The Morgan fingerprint density at radius 3 is 2.59 bits per heavy atom. The van der Waals surface area contributed by atoms with Crippen LogP contribution in [0.2, 0.25) is 0 Å². The smallest absolute Gasteiger partial charge is 0.338 e. The number of hydrogen-bond acceptors (Lipinski definition) is 9. The molecule has 218 valence electrons. The molecule has 11 nitrogen and oxygen atoms in total. The summed E-state index contributed by atoms with van der Waals surface area (Å²) in [7, 11) is 3.19. The minimum absolute atomic E-state index is 0.102. The Morgan fingerprint density at radius 2 is 1.88 bits per heavy atom. The number of methoxy groups -OCH3 is 2. The fourth-order valence-electron chi connectivity index (χ4n) is 5.38. The van der Waals surface area contributed by atoms with Gasteiger partial charge in [-0.05, 0) is 44.1 Å². The van der Waals surface area contributed by atoms with E-state index in [0.717, 1.165) is 33.1 Å². The number of esters is 1. The van der Waals surface area contributed by atoms with E-state index in [1.165, 1.54) is 0 Å². The van der Waals surface area contributed by atoms with E-state index in [2.05, 4.69) is 10.2 Å². The number of nitrogens with zero attached hydrogens (tertiary/aromatic N) is 4. The Bertz CT molecular complexity index is 1470. The molecule has 12 heteroatoms. The number of aromatic amines is 1. The van der Waals surface area contributed by atoms with Crippen LogP contribution in [0.5, 0.6) is 0 Å². The number of fused-ring (bicyclic) bond motifs is 1. The quantitative estimate of drug-likeness (QED) is 0.112. The minimum atomic E-state index is -1.02. The first-order chi connectivity index (χ1) is 20.0. The van der Waals surface area contributed by atoms with Gasteiger partial charge in [0.05, 0.1) is 37.3 Å². The summed E-state index contributed by atoms with van der Waals surface area (Å²) in [5, 5.41) is 7.83. The third-order valence-electron chi connectivity index (χ3n) is 7.58. The van der Waals surface area contributed by atoms with Crippen molar-refractivity contribution in [2.45, 2.75) is 42.1 Å². The fourth-order valence-corrected chi connectivity index (χ4v) is 6.11.